The SMILES string of the molecule is Cc1cc2nc(C(C)C)cc(NCc3cc(C(C)C)no3)n2n1. The third kappa shape index (κ3) is 3.21. The second-order valence-corrected chi connectivity index (χ2v) is 6.50. The Bertz CT molecular complexity index is 816. The zero-order valence-electron chi connectivity index (χ0n) is 14.3. The highest BCUT2D eigenvalue weighted by Gasteiger charge is 2.12. The molecule has 0 atom stereocenters. The second-order valence-electron chi connectivity index (χ2n) is 6.50. The summed E-state index contributed by atoms with van der Waals surface area (Å²) in [7, 11) is 0. The maximum Gasteiger partial charge on any atom is 0.157 e. The molecule has 3 aromatic rings. The lowest BCUT2D eigenvalue weighted by molar-refractivity contribution is 0.379. The van der Waals surface area contributed by atoms with Crippen molar-refractivity contribution in [3.8, 4) is 0 Å². The van der Waals surface area contributed by atoms with E-state index in [-0.39, 0.29) is 0 Å². The van der Waals surface area contributed by atoms with Crippen LogP contribution in [0.5, 0.6) is 0 Å². The zero-order valence-corrected chi connectivity index (χ0v) is 14.3. The van der Waals surface area contributed by atoms with Crippen molar-refractivity contribution < 1.29 is 4.52 Å². The molecule has 0 aliphatic carbocycles. The minimum Gasteiger partial charge on any atom is -0.363 e. The van der Waals surface area contributed by atoms with Crippen LogP contribution in [0.1, 0.15) is 62.4 Å². The maximum atomic E-state index is 5.38. The highest BCUT2D eigenvalue weighted by molar-refractivity contribution is 5.51. The fraction of sp³-hybridized carbons (Fsp3) is 0.471. The van der Waals surface area contributed by atoms with Crippen molar-refractivity contribution >= 4 is 11.5 Å². The lowest BCUT2D eigenvalue weighted by Crippen LogP contribution is -2.08. The van der Waals surface area contributed by atoms with Gasteiger partial charge in [-0.15, -0.1) is 0 Å². The van der Waals surface area contributed by atoms with E-state index in [0.717, 1.165) is 34.3 Å². The van der Waals surface area contributed by atoms with Gasteiger partial charge in [0.1, 0.15) is 5.82 Å². The fourth-order valence-electron chi connectivity index (χ4n) is 2.39. The van der Waals surface area contributed by atoms with Gasteiger partial charge in [0.05, 0.1) is 17.9 Å². The van der Waals surface area contributed by atoms with E-state index in [4.69, 9.17) is 4.52 Å². The van der Waals surface area contributed by atoms with Crippen LogP contribution in [0.3, 0.4) is 0 Å². The Balaban J connectivity index is 1.88. The van der Waals surface area contributed by atoms with Crippen LogP contribution in [-0.2, 0) is 6.54 Å². The van der Waals surface area contributed by atoms with Gasteiger partial charge >= 0.3 is 0 Å². The van der Waals surface area contributed by atoms with E-state index in [2.05, 4.69) is 48.3 Å². The number of nitrogens with zero attached hydrogens (tertiary/aromatic N) is 4. The predicted octanol–water partition coefficient (Wildman–Crippen LogP) is 3.88. The smallest absolute Gasteiger partial charge is 0.157 e. The van der Waals surface area contributed by atoms with Crippen molar-refractivity contribution in [1.82, 2.24) is 19.8 Å². The topological polar surface area (TPSA) is 68.2 Å². The average molecular weight is 313 g/mol. The summed E-state index contributed by atoms with van der Waals surface area (Å²) >= 11 is 0. The summed E-state index contributed by atoms with van der Waals surface area (Å²) in [6.45, 7) is 11.0. The van der Waals surface area contributed by atoms with Crippen LogP contribution in [0.2, 0.25) is 0 Å². The van der Waals surface area contributed by atoms with Gasteiger partial charge in [-0.1, -0.05) is 32.9 Å². The molecule has 0 aliphatic heterocycles. The van der Waals surface area contributed by atoms with Crippen LogP contribution < -0.4 is 5.32 Å². The number of anilines is 1. The number of hydrogen-bond donors (Lipinski definition) is 1. The monoisotopic (exact) mass is 313 g/mol. The van der Waals surface area contributed by atoms with Crippen LogP contribution in [0, 0.1) is 6.92 Å². The summed E-state index contributed by atoms with van der Waals surface area (Å²) in [5.74, 6) is 2.44. The lowest BCUT2D eigenvalue weighted by Gasteiger charge is -2.11. The molecule has 0 bridgehead atoms. The van der Waals surface area contributed by atoms with Gasteiger partial charge in [0.25, 0.3) is 0 Å². The van der Waals surface area contributed by atoms with Crippen molar-refractivity contribution in [2.45, 2.75) is 53.0 Å². The van der Waals surface area contributed by atoms with E-state index in [1.54, 1.807) is 0 Å². The van der Waals surface area contributed by atoms with Gasteiger partial charge in [0.15, 0.2) is 11.4 Å². The van der Waals surface area contributed by atoms with Crippen LogP contribution in [0.15, 0.2) is 22.7 Å². The number of aromatic nitrogens is 4. The van der Waals surface area contributed by atoms with Crippen molar-refractivity contribution in [1.29, 1.82) is 0 Å². The molecule has 1 N–H and O–H groups in total. The molecule has 122 valence electrons. The van der Waals surface area contributed by atoms with E-state index in [1.165, 1.54) is 0 Å². The van der Waals surface area contributed by atoms with Crippen molar-refractivity contribution in [3.05, 3.63) is 41.0 Å². The normalized spacial score (nSPS) is 11.8. The first-order valence-corrected chi connectivity index (χ1v) is 8.00. The minimum atomic E-state index is 0.355. The summed E-state index contributed by atoms with van der Waals surface area (Å²) in [6.07, 6.45) is 0. The lowest BCUT2D eigenvalue weighted by atomic mass is 10.1. The van der Waals surface area contributed by atoms with Crippen molar-refractivity contribution in [2.75, 3.05) is 5.32 Å². The molecule has 0 saturated heterocycles. The number of hydrogen-bond acceptors (Lipinski definition) is 5. The van der Waals surface area contributed by atoms with Crippen molar-refractivity contribution in [2.24, 2.45) is 0 Å². The molecular formula is C17H23N5O. The molecule has 3 aromatic heterocycles. The first-order chi connectivity index (χ1) is 10.9. The molecule has 3 heterocycles. The van der Waals surface area contributed by atoms with Crippen LogP contribution in [0.4, 0.5) is 5.82 Å². The zero-order chi connectivity index (χ0) is 16.6. The van der Waals surface area contributed by atoms with Gasteiger partial charge in [0, 0.05) is 23.9 Å². The average Bonchev–Trinajstić information content (AvgIpc) is 3.09. The quantitative estimate of drug-likeness (QED) is 0.774. The maximum absolute atomic E-state index is 5.38. The largest absolute Gasteiger partial charge is 0.363 e. The molecule has 0 saturated carbocycles. The minimum absolute atomic E-state index is 0.355. The molecular weight excluding hydrogens is 290 g/mol. The molecule has 6 heteroatoms. The van der Waals surface area contributed by atoms with Crippen LogP contribution >= 0.6 is 0 Å². The molecule has 0 spiro atoms. The third-order valence-electron chi connectivity index (χ3n) is 3.77. The second kappa shape index (κ2) is 6.02. The van der Waals surface area contributed by atoms with E-state index in [0.29, 0.717) is 18.4 Å². The summed E-state index contributed by atoms with van der Waals surface area (Å²) in [5, 5.41) is 12.0. The Kier molecular flexibility index (Phi) is 4.07. The Labute approximate surface area is 135 Å². The standard InChI is InChI=1S/C17H23N5O/c1-10(2)14-8-16(22-17(19-14)6-12(5)20-22)18-9-13-7-15(11(3)4)21-23-13/h6-8,10-11,18H,9H2,1-5H3. The molecule has 23 heavy (non-hydrogen) atoms. The summed E-state index contributed by atoms with van der Waals surface area (Å²) in [5.41, 5.74) is 3.82. The Morgan fingerprint density at radius 3 is 2.48 bits per heavy atom. The van der Waals surface area contributed by atoms with E-state index in [1.807, 2.05) is 29.6 Å². The fourth-order valence-corrected chi connectivity index (χ4v) is 2.39. The van der Waals surface area contributed by atoms with Gasteiger partial charge in [-0.3, -0.25) is 0 Å². The van der Waals surface area contributed by atoms with Gasteiger partial charge in [-0.2, -0.15) is 9.61 Å². The number of rotatable bonds is 5. The van der Waals surface area contributed by atoms with E-state index in [9.17, 15) is 0 Å². The molecule has 0 radical (unpaired) electrons. The number of aryl methyl sites for hydroxylation is 1. The van der Waals surface area contributed by atoms with Gasteiger partial charge in [-0.25, -0.2) is 4.98 Å². The van der Waals surface area contributed by atoms with Crippen LogP contribution in [0.25, 0.3) is 5.65 Å². The Hall–Kier alpha value is -2.37. The van der Waals surface area contributed by atoms with Crippen LogP contribution in [-0.4, -0.2) is 19.8 Å². The molecule has 0 unspecified atom stereocenters. The van der Waals surface area contributed by atoms with Crippen molar-refractivity contribution in [3.63, 3.8) is 0 Å². The predicted molar refractivity (Wildman–Crippen MR) is 89.7 cm³/mol. The van der Waals surface area contributed by atoms with Gasteiger partial charge in [-0.05, 0) is 18.8 Å². The molecule has 0 aromatic carbocycles. The molecule has 6 nitrogen and oxygen atoms in total. The van der Waals surface area contributed by atoms with Gasteiger partial charge in [0.2, 0.25) is 0 Å². The molecule has 3 rings (SSSR count). The van der Waals surface area contributed by atoms with E-state index < -0.39 is 0 Å². The highest BCUT2D eigenvalue weighted by Crippen LogP contribution is 2.21. The Morgan fingerprint density at radius 2 is 1.83 bits per heavy atom. The first kappa shape index (κ1) is 15.5. The molecule has 0 fully saturated rings. The number of fused-ring (bicyclic) bond motifs is 1. The first-order valence-electron chi connectivity index (χ1n) is 8.00. The number of nitrogens with one attached hydrogen (secondary N) is 1. The Morgan fingerprint density at radius 1 is 1.09 bits per heavy atom. The highest BCUT2D eigenvalue weighted by atomic mass is 16.5. The molecule has 0 amide bonds. The summed E-state index contributed by atoms with van der Waals surface area (Å²) < 4.78 is 7.22. The summed E-state index contributed by atoms with van der Waals surface area (Å²) in [6, 6.07) is 6.03. The van der Waals surface area contributed by atoms with Gasteiger partial charge < -0.3 is 9.84 Å². The van der Waals surface area contributed by atoms with E-state index >= 15 is 0 Å². The summed E-state index contributed by atoms with van der Waals surface area (Å²) in [4.78, 5) is 4.66. The molecule has 0 aliphatic rings. The third-order valence-corrected chi connectivity index (χ3v) is 3.77.